The molecule has 0 saturated carbocycles. The van der Waals surface area contributed by atoms with Gasteiger partial charge in [0.2, 0.25) is 0 Å². The largest absolute Gasteiger partial charge is 0.379 e. The molecule has 0 bridgehead atoms. The number of morpholine rings is 1. The molecule has 1 saturated heterocycles. The van der Waals surface area contributed by atoms with E-state index in [-0.39, 0.29) is 12.5 Å². The zero-order chi connectivity index (χ0) is 13.2. The van der Waals surface area contributed by atoms with Gasteiger partial charge in [-0.05, 0) is 19.1 Å². The number of hydrogen-bond acceptors (Lipinski definition) is 2. The van der Waals surface area contributed by atoms with Crippen molar-refractivity contribution in [1.29, 1.82) is 0 Å². The molecule has 1 aliphatic heterocycles. The Bertz CT molecular complexity index is 396. The van der Waals surface area contributed by atoms with Gasteiger partial charge in [-0.2, -0.15) is 0 Å². The number of halogens is 3. The maximum atomic E-state index is 14.6. The Morgan fingerprint density at radius 3 is 2.61 bits per heavy atom. The lowest BCUT2D eigenvalue weighted by Gasteiger charge is -2.30. The first kappa shape index (κ1) is 13.4. The van der Waals surface area contributed by atoms with Crippen LogP contribution in [0.15, 0.2) is 18.2 Å². The molecule has 2 rings (SSSR count). The average molecular weight is 259 g/mol. The van der Waals surface area contributed by atoms with Gasteiger partial charge in [-0.3, -0.25) is 0 Å². The summed E-state index contributed by atoms with van der Waals surface area (Å²) in [5.74, 6) is -1.70. The van der Waals surface area contributed by atoms with E-state index in [1.54, 1.807) is 0 Å². The van der Waals surface area contributed by atoms with E-state index in [0.29, 0.717) is 19.8 Å². The van der Waals surface area contributed by atoms with E-state index >= 15 is 0 Å². The monoisotopic (exact) mass is 259 g/mol. The second kappa shape index (κ2) is 5.28. The third kappa shape index (κ3) is 2.84. The molecule has 1 heterocycles. The Morgan fingerprint density at radius 2 is 2.06 bits per heavy atom. The van der Waals surface area contributed by atoms with Crippen molar-refractivity contribution in [3.8, 4) is 0 Å². The normalized spacial score (nSPS) is 23.7. The molecule has 1 aromatic carbocycles. The fourth-order valence-corrected chi connectivity index (χ4v) is 2.31. The van der Waals surface area contributed by atoms with Gasteiger partial charge in [-0.15, -0.1) is 0 Å². The minimum Gasteiger partial charge on any atom is -0.379 e. The van der Waals surface area contributed by atoms with Crippen molar-refractivity contribution in [1.82, 2.24) is 5.32 Å². The summed E-state index contributed by atoms with van der Waals surface area (Å²) in [6.07, 6.45) is -0.0230. The summed E-state index contributed by atoms with van der Waals surface area (Å²) < 4.78 is 46.9. The number of hydrogen-bond donors (Lipinski definition) is 1. The summed E-state index contributed by atoms with van der Waals surface area (Å²) in [5.41, 5.74) is -2.56. The van der Waals surface area contributed by atoms with E-state index < -0.39 is 22.9 Å². The predicted octanol–water partition coefficient (Wildman–Crippen LogP) is 2.53. The van der Waals surface area contributed by atoms with Crippen LogP contribution < -0.4 is 5.32 Å². The van der Waals surface area contributed by atoms with Crippen molar-refractivity contribution < 1.29 is 17.9 Å². The highest BCUT2D eigenvalue weighted by Gasteiger charge is 2.35. The fraction of sp³-hybridized carbons (Fsp3) is 0.538. The molecule has 2 unspecified atom stereocenters. The summed E-state index contributed by atoms with van der Waals surface area (Å²) in [5, 5.41) is 3.07. The molecular weight excluding hydrogens is 243 g/mol. The van der Waals surface area contributed by atoms with Gasteiger partial charge in [0.05, 0.1) is 18.8 Å². The van der Waals surface area contributed by atoms with Crippen molar-refractivity contribution in [2.75, 3.05) is 19.8 Å². The van der Waals surface area contributed by atoms with Crippen LogP contribution >= 0.6 is 0 Å². The molecule has 1 aromatic rings. The quantitative estimate of drug-likeness (QED) is 0.900. The highest BCUT2D eigenvalue weighted by atomic mass is 19.2. The molecule has 0 amide bonds. The molecule has 1 aliphatic rings. The van der Waals surface area contributed by atoms with Crippen LogP contribution in [-0.4, -0.2) is 25.8 Å². The molecule has 0 aliphatic carbocycles. The number of ether oxygens (including phenoxy) is 1. The maximum absolute atomic E-state index is 14.6. The molecule has 1 fully saturated rings. The van der Waals surface area contributed by atoms with Gasteiger partial charge in [-0.25, -0.2) is 13.2 Å². The number of nitrogens with one attached hydrogen (secondary N) is 1. The topological polar surface area (TPSA) is 21.3 Å². The molecule has 5 heteroatoms. The van der Waals surface area contributed by atoms with Crippen LogP contribution in [0.2, 0.25) is 0 Å². The van der Waals surface area contributed by atoms with Crippen LogP contribution in [0.4, 0.5) is 13.2 Å². The van der Waals surface area contributed by atoms with E-state index in [1.807, 2.05) is 0 Å². The Kier molecular flexibility index (Phi) is 3.92. The Balaban J connectivity index is 2.18. The zero-order valence-electron chi connectivity index (χ0n) is 10.2. The molecular formula is C13H16F3NO. The summed E-state index contributed by atoms with van der Waals surface area (Å²) in [6.45, 7) is 2.76. The summed E-state index contributed by atoms with van der Waals surface area (Å²) in [4.78, 5) is 0. The lowest BCUT2D eigenvalue weighted by atomic mass is 9.90. The molecule has 1 N–H and O–H groups in total. The molecule has 0 radical (unpaired) electrons. The highest BCUT2D eigenvalue weighted by molar-refractivity contribution is 5.26. The molecule has 18 heavy (non-hydrogen) atoms. The minimum atomic E-state index is -2.06. The molecule has 0 aromatic heterocycles. The third-order valence-electron chi connectivity index (χ3n) is 3.11. The Labute approximate surface area is 104 Å². The van der Waals surface area contributed by atoms with Gasteiger partial charge in [-0.1, -0.05) is 6.07 Å². The van der Waals surface area contributed by atoms with Crippen LogP contribution in [0.3, 0.4) is 0 Å². The van der Waals surface area contributed by atoms with E-state index in [4.69, 9.17) is 4.74 Å². The van der Waals surface area contributed by atoms with Crippen LogP contribution in [0.1, 0.15) is 18.9 Å². The third-order valence-corrected chi connectivity index (χ3v) is 3.11. The first-order valence-corrected chi connectivity index (χ1v) is 5.95. The first-order chi connectivity index (χ1) is 8.50. The lowest BCUT2D eigenvalue weighted by Crippen LogP contribution is -2.44. The van der Waals surface area contributed by atoms with Crippen molar-refractivity contribution in [3.05, 3.63) is 35.4 Å². The highest BCUT2D eigenvalue weighted by Crippen LogP contribution is 2.34. The van der Waals surface area contributed by atoms with Gasteiger partial charge >= 0.3 is 0 Å². The summed E-state index contributed by atoms with van der Waals surface area (Å²) in [6, 6.07) is 3.14. The smallest absolute Gasteiger partial charge is 0.140 e. The Hall–Kier alpha value is -1.07. The number of benzene rings is 1. The van der Waals surface area contributed by atoms with Crippen molar-refractivity contribution >= 4 is 0 Å². The SMILES string of the molecule is CC(F)(CC1COCCN1)c1c(F)cccc1F. The van der Waals surface area contributed by atoms with Crippen molar-refractivity contribution in [2.45, 2.75) is 25.1 Å². The number of alkyl halides is 1. The fourth-order valence-electron chi connectivity index (χ4n) is 2.31. The summed E-state index contributed by atoms with van der Waals surface area (Å²) >= 11 is 0. The second-order valence-corrected chi connectivity index (χ2v) is 4.72. The zero-order valence-corrected chi connectivity index (χ0v) is 10.2. The minimum absolute atomic E-state index is 0.0230. The predicted molar refractivity (Wildman–Crippen MR) is 62.0 cm³/mol. The maximum Gasteiger partial charge on any atom is 0.140 e. The molecule has 100 valence electrons. The van der Waals surface area contributed by atoms with E-state index in [1.165, 1.54) is 13.0 Å². The van der Waals surface area contributed by atoms with Crippen LogP contribution in [0, 0.1) is 11.6 Å². The standard InChI is InChI=1S/C13H16F3NO/c1-13(16,7-9-8-18-6-5-17-9)12-10(14)3-2-4-11(12)15/h2-4,9,17H,5-8H2,1H3. The van der Waals surface area contributed by atoms with Gasteiger partial charge in [0.1, 0.15) is 17.3 Å². The first-order valence-electron chi connectivity index (χ1n) is 5.95. The lowest BCUT2D eigenvalue weighted by molar-refractivity contribution is 0.0454. The van der Waals surface area contributed by atoms with Crippen molar-refractivity contribution in [2.24, 2.45) is 0 Å². The van der Waals surface area contributed by atoms with E-state index in [9.17, 15) is 13.2 Å². The van der Waals surface area contributed by atoms with Gasteiger partial charge in [0.15, 0.2) is 0 Å². The molecule has 0 spiro atoms. The Morgan fingerprint density at radius 1 is 1.39 bits per heavy atom. The van der Waals surface area contributed by atoms with Crippen LogP contribution in [-0.2, 0) is 10.4 Å². The average Bonchev–Trinajstić information content (AvgIpc) is 2.28. The van der Waals surface area contributed by atoms with Crippen LogP contribution in [0.25, 0.3) is 0 Å². The van der Waals surface area contributed by atoms with Crippen molar-refractivity contribution in [3.63, 3.8) is 0 Å². The van der Waals surface area contributed by atoms with Gasteiger partial charge in [0, 0.05) is 19.0 Å². The molecule has 2 nitrogen and oxygen atoms in total. The van der Waals surface area contributed by atoms with Gasteiger partial charge in [0.25, 0.3) is 0 Å². The van der Waals surface area contributed by atoms with Gasteiger partial charge < -0.3 is 10.1 Å². The van der Waals surface area contributed by atoms with Crippen LogP contribution in [0.5, 0.6) is 0 Å². The summed E-state index contributed by atoms with van der Waals surface area (Å²) in [7, 11) is 0. The van der Waals surface area contributed by atoms with E-state index in [2.05, 4.69) is 5.32 Å². The second-order valence-electron chi connectivity index (χ2n) is 4.72. The molecule has 2 atom stereocenters. The number of rotatable bonds is 3. The van der Waals surface area contributed by atoms with E-state index in [0.717, 1.165) is 12.1 Å².